The van der Waals surface area contributed by atoms with Crippen molar-refractivity contribution < 1.29 is 9.59 Å². The van der Waals surface area contributed by atoms with Gasteiger partial charge in [0.05, 0.1) is 13.1 Å². The maximum atomic E-state index is 11.4. The quantitative estimate of drug-likeness (QED) is 0.131. The zero-order valence-electron chi connectivity index (χ0n) is 20.9. The summed E-state index contributed by atoms with van der Waals surface area (Å²) in [6.45, 7) is 4.67. The van der Waals surface area contributed by atoms with Crippen LogP contribution in [0, 0.1) is 24.7 Å². The van der Waals surface area contributed by atoms with Crippen molar-refractivity contribution in [3.8, 4) is 24.7 Å². The van der Waals surface area contributed by atoms with Crippen molar-refractivity contribution in [2.24, 2.45) is 0 Å². The number of carbonyl (C=O) groups is 2. The Hall–Kier alpha value is -2.20. The van der Waals surface area contributed by atoms with Crippen LogP contribution in [-0.2, 0) is 9.59 Å². The first-order valence-corrected chi connectivity index (χ1v) is 12.8. The molecule has 0 unspecified atom stereocenters. The monoisotopic (exact) mass is 444 g/mol. The van der Waals surface area contributed by atoms with E-state index < -0.39 is 0 Å². The Balaban J connectivity index is 0. The Kier molecular flexibility index (Phi) is 28.8. The zero-order chi connectivity index (χ0) is 24.1. The highest BCUT2D eigenvalue weighted by atomic mass is 16.2. The molecule has 2 N–H and O–H groups in total. The van der Waals surface area contributed by atoms with Gasteiger partial charge in [0.2, 0.25) is 11.8 Å². The summed E-state index contributed by atoms with van der Waals surface area (Å²) < 4.78 is 0. The molecule has 0 spiro atoms. The van der Waals surface area contributed by atoms with Gasteiger partial charge >= 0.3 is 0 Å². The minimum absolute atomic E-state index is 0.0686. The number of unbranched alkanes of at least 4 members (excludes halogenated alkanes) is 12. The van der Waals surface area contributed by atoms with Gasteiger partial charge in [-0.2, -0.15) is 0 Å². The highest BCUT2D eigenvalue weighted by Gasteiger charge is 2.00. The molecule has 0 rings (SSSR count). The molecule has 0 aliphatic rings. The number of nitrogens with one attached hydrogen (secondary N) is 2. The molecule has 0 fully saturated rings. The summed E-state index contributed by atoms with van der Waals surface area (Å²) in [6.07, 6.45) is 32.5. The van der Waals surface area contributed by atoms with E-state index in [0.717, 1.165) is 25.7 Å². The molecule has 0 radical (unpaired) electrons. The second kappa shape index (κ2) is 28.8. The van der Waals surface area contributed by atoms with E-state index in [-0.39, 0.29) is 11.8 Å². The van der Waals surface area contributed by atoms with Crippen molar-refractivity contribution in [3.63, 3.8) is 0 Å². The zero-order valence-corrected chi connectivity index (χ0v) is 20.9. The van der Waals surface area contributed by atoms with Gasteiger partial charge < -0.3 is 10.6 Å². The lowest BCUT2D eigenvalue weighted by Gasteiger charge is -2.02. The lowest BCUT2D eigenvalue weighted by molar-refractivity contribution is -0.121. The summed E-state index contributed by atoms with van der Waals surface area (Å²) in [5, 5.41) is 5.39. The maximum Gasteiger partial charge on any atom is 0.220 e. The second-order valence-corrected chi connectivity index (χ2v) is 7.75. The Labute approximate surface area is 198 Å². The molecule has 2 amide bonds. The van der Waals surface area contributed by atoms with Crippen LogP contribution in [0.25, 0.3) is 0 Å². The van der Waals surface area contributed by atoms with E-state index in [4.69, 9.17) is 12.8 Å². The van der Waals surface area contributed by atoms with Crippen LogP contribution in [0.2, 0.25) is 0 Å². The number of carbonyl (C=O) groups excluding carboxylic acids is 2. The van der Waals surface area contributed by atoms with Gasteiger partial charge in [0.15, 0.2) is 0 Å². The van der Waals surface area contributed by atoms with Crippen molar-refractivity contribution in [1.82, 2.24) is 10.6 Å². The molecule has 182 valence electrons. The molecule has 4 heteroatoms. The third kappa shape index (κ3) is 27.8. The fraction of sp³-hybridized carbons (Fsp3) is 0.714. The summed E-state index contributed by atoms with van der Waals surface area (Å²) in [6, 6.07) is 0. The van der Waals surface area contributed by atoms with Crippen LogP contribution in [0.3, 0.4) is 0 Å². The summed E-state index contributed by atoms with van der Waals surface area (Å²) in [5.74, 6) is 4.96. The van der Waals surface area contributed by atoms with Crippen molar-refractivity contribution in [2.45, 2.75) is 117 Å². The van der Waals surface area contributed by atoms with Gasteiger partial charge in [-0.25, -0.2) is 0 Å². The van der Waals surface area contributed by atoms with E-state index in [1.165, 1.54) is 64.2 Å². The molecule has 0 aliphatic heterocycles. The predicted molar refractivity (Wildman–Crippen MR) is 138 cm³/mol. The van der Waals surface area contributed by atoms with Crippen LogP contribution in [0.5, 0.6) is 0 Å². The van der Waals surface area contributed by atoms with Crippen LogP contribution in [0.1, 0.15) is 117 Å². The van der Waals surface area contributed by atoms with Gasteiger partial charge in [-0.15, -0.1) is 12.8 Å². The molecule has 0 bridgehead atoms. The lowest BCUT2D eigenvalue weighted by Crippen LogP contribution is -2.22. The number of allylic oxidation sites excluding steroid dienone is 2. The van der Waals surface area contributed by atoms with Crippen LogP contribution in [0.15, 0.2) is 12.2 Å². The van der Waals surface area contributed by atoms with Gasteiger partial charge in [0.1, 0.15) is 0 Å². The fourth-order valence-electron chi connectivity index (χ4n) is 3.22. The van der Waals surface area contributed by atoms with Gasteiger partial charge in [0.25, 0.3) is 0 Å². The minimum atomic E-state index is 0.0686. The topological polar surface area (TPSA) is 58.2 Å². The Morgan fingerprint density at radius 1 is 0.594 bits per heavy atom. The molecule has 0 aliphatic carbocycles. The first-order chi connectivity index (χ1) is 15.7. The number of terminal acetylenes is 2. The largest absolute Gasteiger partial charge is 0.345 e. The van der Waals surface area contributed by atoms with E-state index >= 15 is 0 Å². The highest BCUT2D eigenvalue weighted by molar-refractivity contribution is 5.76. The maximum absolute atomic E-state index is 11.4. The third-order valence-electron chi connectivity index (χ3n) is 4.99. The first kappa shape index (κ1) is 32.0. The van der Waals surface area contributed by atoms with E-state index in [0.29, 0.717) is 25.9 Å². The number of hydrogen-bond donors (Lipinski definition) is 2. The Morgan fingerprint density at radius 2 is 0.906 bits per heavy atom. The smallest absolute Gasteiger partial charge is 0.220 e. The van der Waals surface area contributed by atoms with Crippen LogP contribution >= 0.6 is 0 Å². The average molecular weight is 445 g/mol. The fourth-order valence-corrected chi connectivity index (χ4v) is 3.22. The Bertz CT molecular complexity index is 493. The summed E-state index contributed by atoms with van der Waals surface area (Å²) in [4.78, 5) is 22.8. The predicted octanol–water partition coefficient (Wildman–Crippen LogP) is 6.31. The molecular weight excluding hydrogens is 396 g/mol. The average Bonchev–Trinajstić information content (AvgIpc) is 2.81. The van der Waals surface area contributed by atoms with Crippen molar-refractivity contribution in [2.75, 3.05) is 13.1 Å². The lowest BCUT2D eigenvalue weighted by atomic mass is 10.1. The summed E-state index contributed by atoms with van der Waals surface area (Å²) in [5.41, 5.74) is 0. The number of hydrogen-bond acceptors (Lipinski definition) is 2. The number of amides is 2. The molecule has 0 aromatic heterocycles. The third-order valence-corrected chi connectivity index (χ3v) is 4.99. The summed E-state index contributed by atoms with van der Waals surface area (Å²) >= 11 is 0. The molecule has 0 atom stereocenters. The van der Waals surface area contributed by atoms with Crippen LogP contribution in [0.4, 0.5) is 0 Å². The van der Waals surface area contributed by atoms with Crippen molar-refractivity contribution >= 4 is 11.8 Å². The van der Waals surface area contributed by atoms with Crippen molar-refractivity contribution in [3.05, 3.63) is 12.2 Å². The van der Waals surface area contributed by atoms with Gasteiger partial charge in [-0.3, -0.25) is 9.59 Å². The van der Waals surface area contributed by atoms with Crippen LogP contribution in [-0.4, -0.2) is 24.9 Å². The Morgan fingerprint density at radius 3 is 1.25 bits per heavy atom. The highest BCUT2D eigenvalue weighted by Crippen LogP contribution is 2.11. The number of rotatable bonds is 20. The molecule has 0 saturated carbocycles. The van der Waals surface area contributed by atoms with E-state index in [9.17, 15) is 9.59 Å². The van der Waals surface area contributed by atoms with Gasteiger partial charge in [-0.1, -0.05) is 89.2 Å². The van der Waals surface area contributed by atoms with Gasteiger partial charge in [0, 0.05) is 12.8 Å². The minimum Gasteiger partial charge on any atom is -0.345 e. The molecule has 32 heavy (non-hydrogen) atoms. The molecule has 0 aromatic rings. The molecular formula is C28H48N2O2. The van der Waals surface area contributed by atoms with Crippen LogP contribution < -0.4 is 10.6 Å². The van der Waals surface area contributed by atoms with E-state index in [1.807, 2.05) is 13.8 Å². The molecule has 0 saturated heterocycles. The van der Waals surface area contributed by atoms with Gasteiger partial charge in [-0.05, 0) is 38.5 Å². The second-order valence-electron chi connectivity index (χ2n) is 7.75. The molecule has 0 aromatic carbocycles. The van der Waals surface area contributed by atoms with E-state index in [1.54, 1.807) is 0 Å². The normalized spacial score (nSPS) is 10.0. The van der Waals surface area contributed by atoms with E-state index in [2.05, 4.69) is 34.6 Å². The standard InChI is InChI=1S/C26H42N2O2.C2H6/c1-3-23-27-25(29)21-19-17-15-13-11-9-7-5-6-8-10-12-14-16-18-20-22-26(30)28-24-4-2;1-2/h1-2,5-6H,7-24H2,(H,27,29)(H,28,30);1-2H3. The first-order valence-electron chi connectivity index (χ1n) is 12.8. The van der Waals surface area contributed by atoms with Crippen molar-refractivity contribution in [1.29, 1.82) is 0 Å². The molecule has 0 heterocycles. The molecule has 4 nitrogen and oxygen atoms in total. The summed E-state index contributed by atoms with van der Waals surface area (Å²) in [7, 11) is 0. The SMILES string of the molecule is C#CCNC(=O)CCCCCCCCC=CCCCCCCCCC(=O)NCC#C.CC.